The molecule has 0 saturated heterocycles. The van der Waals surface area contributed by atoms with Crippen molar-refractivity contribution in [1.29, 1.82) is 0 Å². The van der Waals surface area contributed by atoms with E-state index in [0.29, 0.717) is 18.1 Å². The standard InChI is InChI=1S/C18H24N4O3/c1-12-8-9-14(25-12)11-19-18(24)15-10-16(22(2)21-15)20-17(23)13-6-4-3-5-7-13/h8-10,13H,3-7,11H2,1-2H3,(H,19,24)(H,20,23). The van der Waals surface area contributed by atoms with E-state index >= 15 is 0 Å². The lowest BCUT2D eigenvalue weighted by Gasteiger charge is -2.20. The van der Waals surface area contributed by atoms with Gasteiger partial charge in [0.05, 0.1) is 6.54 Å². The highest BCUT2D eigenvalue weighted by molar-refractivity contribution is 5.96. The Hall–Kier alpha value is -2.57. The van der Waals surface area contributed by atoms with E-state index < -0.39 is 0 Å². The topological polar surface area (TPSA) is 89.2 Å². The van der Waals surface area contributed by atoms with E-state index in [1.54, 1.807) is 13.1 Å². The summed E-state index contributed by atoms with van der Waals surface area (Å²) in [5.41, 5.74) is 0.268. The number of aryl methyl sites for hydroxylation is 2. The van der Waals surface area contributed by atoms with E-state index in [9.17, 15) is 9.59 Å². The molecule has 2 heterocycles. The van der Waals surface area contributed by atoms with Crippen molar-refractivity contribution in [3.05, 3.63) is 35.4 Å². The van der Waals surface area contributed by atoms with Gasteiger partial charge in [-0.2, -0.15) is 5.10 Å². The van der Waals surface area contributed by atoms with Crippen LogP contribution in [0.4, 0.5) is 5.82 Å². The fourth-order valence-electron chi connectivity index (χ4n) is 3.13. The summed E-state index contributed by atoms with van der Waals surface area (Å²) in [6.45, 7) is 2.15. The molecule has 0 radical (unpaired) electrons. The quantitative estimate of drug-likeness (QED) is 0.873. The van der Waals surface area contributed by atoms with Gasteiger partial charge in [-0.25, -0.2) is 0 Å². The van der Waals surface area contributed by atoms with E-state index in [0.717, 1.165) is 31.4 Å². The third kappa shape index (κ3) is 4.29. The fraction of sp³-hybridized carbons (Fsp3) is 0.500. The molecule has 3 rings (SSSR count). The number of furan rings is 1. The first kappa shape index (κ1) is 17.3. The zero-order valence-electron chi connectivity index (χ0n) is 14.7. The Morgan fingerprint density at radius 3 is 2.72 bits per heavy atom. The van der Waals surface area contributed by atoms with Crippen molar-refractivity contribution in [2.45, 2.75) is 45.6 Å². The van der Waals surface area contributed by atoms with Crippen molar-refractivity contribution in [2.75, 3.05) is 5.32 Å². The Kier molecular flexibility index (Phi) is 5.21. The molecule has 0 bridgehead atoms. The normalized spacial score (nSPS) is 15.1. The van der Waals surface area contributed by atoms with Crippen molar-refractivity contribution in [3.8, 4) is 0 Å². The van der Waals surface area contributed by atoms with Crippen LogP contribution in [0, 0.1) is 12.8 Å². The third-order valence-electron chi connectivity index (χ3n) is 4.56. The van der Waals surface area contributed by atoms with Crippen molar-refractivity contribution in [1.82, 2.24) is 15.1 Å². The molecule has 0 unspecified atom stereocenters. The van der Waals surface area contributed by atoms with Gasteiger partial charge >= 0.3 is 0 Å². The molecule has 1 saturated carbocycles. The number of hydrogen-bond donors (Lipinski definition) is 2. The van der Waals surface area contributed by atoms with Gasteiger partial charge in [0.1, 0.15) is 17.3 Å². The van der Waals surface area contributed by atoms with Gasteiger partial charge in [-0.15, -0.1) is 0 Å². The number of rotatable bonds is 5. The number of carbonyl (C=O) groups is 2. The summed E-state index contributed by atoms with van der Waals surface area (Å²) < 4.78 is 6.94. The second-order valence-electron chi connectivity index (χ2n) is 6.56. The number of amides is 2. The Labute approximate surface area is 146 Å². The number of aromatic nitrogens is 2. The molecule has 0 spiro atoms. The Morgan fingerprint density at radius 2 is 2.04 bits per heavy atom. The van der Waals surface area contributed by atoms with Crippen LogP contribution in [-0.2, 0) is 18.4 Å². The van der Waals surface area contributed by atoms with Crippen LogP contribution < -0.4 is 10.6 Å². The molecule has 0 aliphatic heterocycles. The highest BCUT2D eigenvalue weighted by Crippen LogP contribution is 2.25. The molecule has 1 fully saturated rings. The second kappa shape index (κ2) is 7.55. The van der Waals surface area contributed by atoms with Gasteiger partial charge < -0.3 is 15.1 Å². The molecule has 7 nitrogen and oxygen atoms in total. The van der Waals surface area contributed by atoms with Crippen LogP contribution in [0.25, 0.3) is 0 Å². The number of anilines is 1. The van der Waals surface area contributed by atoms with E-state index in [2.05, 4.69) is 15.7 Å². The predicted molar refractivity (Wildman–Crippen MR) is 93.0 cm³/mol. The molecular weight excluding hydrogens is 320 g/mol. The maximum absolute atomic E-state index is 12.3. The molecule has 25 heavy (non-hydrogen) atoms. The molecule has 1 aliphatic rings. The van der Waals surface area contributed by atoms with Gasteiger partial charge in [-0.3, -0.25) is 14.3 Å². The molecule has 1 aliphatic carbocycles. The molecule has 0 atom stereocenters. The molecular formula is C18H24N4O3. The second-order valence-corrected chi connectivity index (χ2v) is 6.56. The van der Waals surface area contributed by atoms with E-state index in [-0.39, 0.29) is 23.4 Å². The lowest BCUT2D eigenvalue weighted by molar-refractivity contribution is -0.120. The maximum atomic E-state index is 12.3. The molecule has 0 aromatic carbocycles. The SMILES string of the molecule is Cc1ccc(CNC(=O)c2cc(NC(=O)C3CCCCC3)n(C)n2)o1. The molecule has 2 aromatic heterocycles. The highest BCUT2D eigenvalue weighted by Gasteiger charge is 2.22. The van der Waals surface area contributed by atoms with Crippen LogP contribution in [-0.4, -0.2) is 21.6 Å². The average molecular weight is 344 g/mol. The van der Waals surface area contributed by atoms with Crippen LogP contribution >= 0.6 is 0 Å². The van der Waals surface area contributed by atoms with Crippen LogP contribution in [0.5, 0.6) is 0 Å². The summed E-state index contributed by atoms with van der Waals surface area (Å²) in [5, 5.41) is 9.85. The summed E-state index contributed by atoms with van der Waals surface area (Å²) in [6.07, 6.45) is 5.26. The average Bonchev–Trinajstić information content (AvgIpc) is 3.19. The maximum Gasteiger partial charge on any atom is 0.272 e. The molecule has 2 aromatic rings. The van der Waals surface area contributed by atoms with Crippen LogP contribution in [0.3, 0.4) is 0 Å². The molecule has 2 amide bonds. The minimum absolute atomic E-state index is 0.0146. The Balaban J connectivity index is 1.59. The largest absolute Gasteiger partial charge is 0.465 e. The Morgan fingerprint density at radius 1 is 1.28 bits per heavy atom. The summed E-state index contributed by atoms with van der Waals surface area (Å²) in [7, 11) is 1.71. The van der Waals surface area contributed by atoms with Gasteiger partial charge in [0.2, 0.25) is 5.91 Å². The lowest BCUT2D eigenvalue weighted by atomic mass is 9.89. The molecule has 2 N–H and O–H groups in total. The molecule has 7 heteroatoms. The first-order valence-corrected chi connectivity index (χ1v) is 8.71. The summed E-state index contributed by atoms with van der Waals surface area (Å²) >= 11 is 0. The van der Waals surface area contributed by atoms with E-state index in [1.165, 1.54) is 11.1 Å². The Bertz CT molecular complexity index is 756. The van der Waals surface area contributed by atoms with Crippen molar-refractivity contribution in [3.63, 3.8) is 0 Å². The molecule has 134 valence electrons. The van der Waals surface area contributed by atoms with Crippen LogP contribution in [0.1, 0.15) is 54.1 Å². The monoisotopic (exact) mass is 344 g/mol. The summed E-state index contributed by atoms with van der Waals surface area (Å²) in [5.74, 6) is 1.80. The lowest BCUT2D eigenvalue weighted by Crippen LogP contribution is -2.25. The zero-order valence-corrected chi connectivity index (χ0v) is 14.7. The minimum Gasteiger partial charge on any atom is -0.465 e. The summed E-state index contributed by atoms with van der Waals surface area (Å²) in [6, 6.07) is 5.27. The number of hydrogen-bond acceptors (Lipinski definition) is 4. The number of carbonyl (C=O) groups excluding carboxylic acids is 2. The van der Waals surface area contributed by atoms with Crippen LogP contribution in [0.2, 0.25) is 0 Å². The van der Waals surface area contributed by atoms with E-state index in [4.69, 9.17) is 4.42 Å². The van der Waals surface area contributed by atoms with E-state index in [1.807, 2.05) is 19.1 Å². The summed E-state index contributed by atoms with van der Waals surface area (Å²) in [4.78, 5) is 24.6. The smallest absolute Gasteiger partial charge is 0.272 e. The van der Waals surface area contributed by atoms with Gasteiger partial charge in [0, 0.05) is 19.0 Å². The number of nitrogens with one attached hydrogen (secondary N) is 2. The van der Waals surface area contributed by atoms with Crippen molar-refractivity contribution >= 4 is 17.6 Å². The van der Waals surface area contributed by atoms with Crippen LogP contribution in [0.15, 0.2) is 22.6 Å². The first-order valence-electron chi connectivity index (χ1n) is 8.71. The minimum atomic E-state index is -0.303. The van der Waals surface area contributed by atoms with Gasteiger partial charge in [-0.1, -0.05) is 19.3 Å². The first-order chi connectivity index (χ1) is 12.0. The van der Waals surface area contributed by atoms with Crippen molar-refractivity contribution in [2.24, 2.45) is 13.0 Å². The third-order valence-corrected chi connectivity index (χ3v) is 4.56. The van der Waals surface area contributed by atoms with Gasteiger partial charge in [0.25, 0.3) is 5.91 Å². The number of nitrogens with zero attached hydrogens (tertiary/aromatic N) is 2. The predicted octanol–water partition coefficient (Wildman–Crippen LogP) is 2.77. The zero-order chi connectivity index (χ0) is 17.8. The van der Waals surface area contributed by atoms with Gasteiger partial charge in [-0.05, 0) is 31.9 Å². The fourth-order valence-corrected chi connectivity index (χ4v) is 3.13. The van der Waals surface area contributed by atoms with Gasteiger partial charge in [0.15, 0.2) is 5.69 Å². The highest BCUT2D eigenvalue weighted by atomic mass is 16.3. The van der Waals surface area contributed by atoms with Crippen molar-refractivity contribution < 1.29 is 14.0 Å².